The van der Waals surface area contributed by atoms with Crippen LogP contribution < -0.4 is 5.32 Å². The molecular weight excluding hydrogens is 350 g/mol. The summed E-state index contributed by atoms with van der Waals surface area (Å²) in [6.45, 7) is 6.76. The molecule has 0 saturated carbocycles. The Morgan fingerprint density at radius 3 is 2.42 bits per heavy atom. The predicted molar refractivity (Wildman–Crippen MR) is 101 cm³/mol. The summed E-state index contributed by atoms with van der Waals surface area (Å²) in [5.74, 6) is -0.571. The van der Waals surface area contributed by atoms with Crippen molar-refractivity contribution in [2.24, 2.45) is 5.92 Å². The van der Waals surface area contributed by atoms with Gasteiger partial charge in [-0.05, 0) is 42.0 Å². The molecule has 1 aromatic carbocycles. The van der Waals surface area contributed by atoms with Crippen LogP contribution in [0.3, 0.4) is 0 Å². The van der Waals surface area contributed by atoms with Crippen molar-refractivity contribution in [2.75, 3.05) is 6.54 Å². The van der Waals surface area contributed by atoms with Gasteiger partial charge < -0.3 is 10.4 Å². The lowest BCUT2D eigenvalue weighted by molar-refractivity contribution is -0.112. The number of carbonyl (C=O) groups is 1. The van der Waals surface area contributed by atoms with Crippen LogP contribution in [-0.4, -0.2) is 31.2 Å². The summed E-state index contributed by atoms with van der Waals surface area (Å²) < 4.78 is 26.4. The number of rotatable bonds is 2. The van der Waals surface area contributed by atoms with E-state index in [4.69, 9.17) is 0 Å². The van der Waals surface area contributed by atoms with E-state index >= 15 is 0 Å². The summed E-state index contributed by atoms with van der Waals surface area (Å²) >= 11 is 0. The molecule has 0 amide bonds. The van der Waals surface area contributed by atoms with Crippen molar-refractivity contribution in [1.82, 2.24) is 5.32 Å². The molecule has 1 heterocycles. The summed E-state index contributed by atoms with van der Waals surface area (Å²) in [4.78, 5) is 12.2. The Morgan fingerprint density at radius 1 is 1.19 bits per heavy atom. The van der Waals surface area contributed by atoms with Crippen molar-refractivity contribution in [2.45, 2.75) is 49.3 Å². The lowest BCUT2D eigenvalue weighted by Crippen LogP contribution is -2.49. The van der Waals surface area contributed by atoms with Gasteiger partial charge in [0.25, 0.3) is 0 Å². The minimum Gasteiger partial charge on any atom is -0.515 e. The molecule has 0 spiro atoms. The van der Waals surface area contributed by atoms with Gasteiger partial charge in [0.2, 0.25) is 0 Å². The molecule has 3 rings (SSSR count). The number of aliphatic hydroxyl groups excluding tert-OH is 1. The molecule has 1 fully saturated rings. The van der Waals surface area contributed by atoms with Gasteiger partial charge in [0.1, 0.15) is 5.37 Å². The normalized spacial score (nSPS) is 25.7. The molecule has 1 saturated heterocycles. The van der Waals surface area contributed by atoms with Crippen LogP contribution in [0.15, 0.2) is 52.6 Å². The van der Waals surface area contributed by atoms with E-state index < -0.39 is 15.2 Å². The van der Waals surface area contributed by atoms with Crippen LogP contribution in [0.2, 0.25) is 0 Å². The fraction of sp³-hybridized carbons (Fsp3) is 0.450. The van der Waals surface area contributed by atoms with Crippen LogP contribution in [0.25, 0.3) is 0 Å². The van der Waals surface area contributed by atoms with Crippen LogP contribution in [-0.2, 0) is 20.0 Å². The second-order valence-corrected chi connectivity index (χ2v) is 10.1. The van der Waals surface area contributed by atoms with E-state index in [1.165, 1.54) is 6.08 Å². The first-order valence-corrected chi connectivity index (χ1v) is 10.3. The third-order valence-corrected chi connectivity index (χ3v) is 7.31. The zero-order chi connectivity index (χ0) is 19.1. The SMILES string of the molecule is CC(C)(C)c1ccc(S(=O)(=O)C2NCCC3=CC(=O)C(=CO)CC32)cc1. The van der Waals surface area contributed by atoms with Crippen molar-refractivity contribution in [1.29, 1.82) is 0 Å². The standard InChI is InChI=1S/C20H25NO4S/c1-20(2,3)15-4-6-16(7-5-15)26(24,25)19-17-10-14(12-22)18(23)11-13(17)8-9-21-19/h4-7,11-12,17,19,21-22H,8-10H2,1-3H3. The number of benzene rings is 1. The number of hydrogen-bond acceptors (Lipinski definition) is 5. The average molecular weight is 375 g/mol. The Balaban J connectivity index is 1.96. The third kappa shape index (κ3) is 3.35. The molecule has 2 N–H and O–H groups in total. The highest BCUT2D eigenvalue weighted by molar-refractivity contribution is 7.92. The molecule has 140 valence electrons. The number of piperidine rings is 1. The maximum Gasteiger partial charge on any atom is 0.194 e. The van der Waals surface area contributed by atoms with Gasteiger partial charge in [-0.15, -0.1) is 0 Å². The fourth-order valence-corrected chi connectivity index (χ4v) is 5.48. The van der Waals surface area contributed by atoms with E-state index in [2.05, 4.69) is 26.1 Å². The number of sulfone groups is 1. The molecule has 0 bridgehead atoms. The Labute approximate surface area is 154 Å². The summed E-state index contributed by atoms with van der Waals surface area (Å²) in [5, 5.41) is 11.6. The van der Waals surface area contributed by atoms with Gasteiger partial charge >= 0.3 is 0 Å². The number of fused-ring (bicyclic) bond motifs is 1. The predicted octanol–water partition coefficient (Wildman–Crippen LogP) is 3.03. The van der Waals surface area contributed by atoms with E-state index in [0.29, 0.717) is 13.0 Å². The number of carbonyl (C=O) groups excluding carboxylic acids is 1. The van der Waals surface area contributed by atoms with Crippen LogP contribution >= 0.6 is 0 Å². The Bertz CT molecular complexity index is 873. The molecule has 1 aliphatic carbocycles. The lowest BCUT2D eigenvalue weighted by Gasteiger charge is -2.36. The van der Waals surface area contributed by atoms with E-state index in [1.807, 2.05) is 12.1 Å². The molecule has 6 heteroatoms. The minimum atomic E-state index is -3.62. The maximum atomic E-state index is 13.2. The molecule has 2 unspecified atom stereocenters. The van der Waals surface area contributed by atoms with E-state index in [1.54, 1.807) is 12.1 Å². The van der Waals surface area contributed by atoms with Crippen LogP contribution in [0.4, 0.5) is 0 Å². The highest BCUT2D eigenvalue weighted by Gasteiger charge is 2.41. The summed E-state index contributed by atoms with van der Waals surface area (Å²) in [6.07, 6.45) is 3.16. The number of ketones is 1. The average Bonchev–Trinajstić information content (AvgIpc) is 2.59. The smallest absolute Gasteiger partial charge is 0.194 e. The highest BCUT2D eigenvalue weighted by atomic mass is 32.2. The fourth-order valence-electron chi connectivity index (χ4n) is 3.63. The Hall–Kier alpha value is -1.92. The van der Waals surface area contributed by atoms with Crippen molar-refractivity contribution in [3.05, 3.63) is 53.3 Å². The largest absolute Gasteiger partial charge is 0.515 e. The van der Waals surface area contributed by atoms with Gasteiger partial charge in [-0.25, -0.2) is 8.42 Å². The van der Waals surface area contributed by atoms with E-state index in [0.717, 1.165) is 17.4 Å². The molecular formula is C20H25NO4S. The first-order valence-electron chi connectivity index (χ1n) is 8.80. The van der Waals surface area contributed by atoms with Crippen molar-refractivity contribution < 1.29 is 18.3 Å². The second-order valence-electron chi connectivity index (χ2n) is 7.99. The Kier molecular flexibility index (Phi) is 4.84. The van der Waals surface area contributed by atoms with Gasteiger partial charge in [0.15, 0.2) is 15.6 Å². The minimum absolute atomic E-state index is 0.0498. The van der Waals surface area contributed by atoms with Crippen molar-refractivity contribution in [3.8, 4) is 0 Å². The van der Waals surface area contributed by atoms with Gasteiger partial charge in [0, 0.05) is 18.0 Å². The molecule has 2 aliphatic rings. The topological polar surface area (TPSA) is 83.5 Å². The summed E-state index contributed by atoms with van der Waals surface area (Å²) in [5.41, 5.74) is 2.12. The van der Waals surface area contributed by atoms with Crippen molar-refractivity contribution >= 4 is 15.6 Å². The van der Waals surface area contributed by atoms with Gasteiger partial charge in [0.05, 0.1) is 11.2 Å². The van der Waals surface area contributed by atoms with Gasteiger partial charge in [-0.3, -0.25) is 4.79 Å². The van der Waals surface area contributed by atoms with Crippen molar-refractivity contribution in [3.63, 3.8) is 0 Å². The molecule has 1 aromatic rings. The van der Waals surface area contributed by atoms with Gasteiger partial charge in [-0.2, -0.15) is 0 Å². The summed E-state index contributed by atoms with van der Waals surface area (Å²) in [7, 11) is -3.62. The lowest BCUT2D eigenvalue weighted by atomic mass is 9.81. The zero-order valence-electron chi connectivity index (χ0n) is 15.3. The summed E-state index contributed by atoms with van der Waals surface area (Å²) in [6, 6.07) is 7.03. The Morgan fingerprint density at radius 2 is 1.85 bits per heavy atom. The first kappa shape index (κ1) is 18.9. The molecule has 0 aromatic heterocycles. The van der Waals surface area contributed by atoms with Crippen LogP contribution in [0.1, 0.15) is 39.2 Å². The maximum absolute atomic E-state index is 13.2. The van der Waals surface area contributed by atoms with Crippen LogP contribution in [0.5, 0.6) is 0 Å². The molecule has 26 heavy (non-hydrogen) atoms. The third-order valence-electron chi connectivity index (χ3n) is 5.21. The van der Waals surface area contributed by atoms with E-state index in [9.17, 15) is 18.3 Å². The van der Waals surface area contributed by atoms with Gasteiger partial charge in [-0.1, -0.05) is 38.5 Å². The quantitative estimate of drug-likeness (QED) is 0.613. The molecule has 0 radical (unpaired) electrons. The number of nitrogens with one attached hydrogen (secondary N) is 1. The number of aliphatic hydroxyl groups is 1. The zero-order valence-corrected chi connectivity index (χ0v) is 16.1. The monoisotopic (exact) mass is 375 g/mol. The molecule has 5 nitrogen and oxygen atoms in total. The number of allylic oxidation sites excluding steroid dienone is 2. The number of hydrogen-bond donors (Lipinski definition) is 2. The molecule has 1 aliphatic heterocycles. The first-order chi connectivity index (χ1) is 12.1. The molecule has 2 atom stereocenters. The highest BCUT2D eigenvalue weighted by Crippen LogP contribution is 2.37. The van der Waals surface area contributed by atoms with E-state index in [-0.39, 0.29) is 34.0 Å². The van der Waals surface area contributed by atoms with Crippen LogP contribution in [0, 0.1) is 5.92 Å². The second kappa shape index (κ2) is 6.67.